The first-order valence-corrected chi connectivity index (χ1v) is 12.6. The predicted molar refractivity (Wildman–Crippen MR) is 137 cm³/mol. The van der Waals surface area contributed by atoms with Crippen LogP contribution in [0.4, 0.5) is 10.1 Å². The first kappa shape index (κ1) is 24.4. The van der Waals surface area contributed by atoms with Crippen LogP contribution >= 0.6 is 11.6 Å². The van der Waals surface area contributed by atoms with E-state index in [4.69, 9.17) is 11.6 Å². The third-order valence-electron chi connectivity index (χ3n) is 8.47. The van der Waals surface area contributed by atoms with E-state index in [0.29, 0.717) is 16.7 Å². The fourth-order valence-electron chi connectivity index (χ4n) is 6.51. The summed E-state index contributed by atoms with van der Waals surface area (Å²) >= 11 is 5.99. The van der Waals surface area contributed by atoms with Gasteiger partial charge in [-0.1, -0.05) is 35.9 Å². The van der Waals surface area contributed by atoms with Gasteiger partial charge < -0.3 is 5.11 Å². The molecule has 2 aromatic carbocycles. The minimum Gasteiger partial charge on any atom is -0.507 e. The van der Waals surface area contributed by atoms with Crippen LogP contribution in [0.3, 0.4) is 0 Å². The van der Waals surface area contributed by atoms with Crippen LogP contribution in [-0.4, -0.2) is 30.9 Å². The van der Waals surface area contributed by atoms with Crippen molar-refractivity contribution >= 4 is 29.1 Å². The number of nitrogens with zero attached hydrogens (tertiary/aromatic N) is 4. The number of aromatic nitrogens is 3. The van der Waals surface area contributed by atoms with Crippen molar-refractivity contribution in [2.45, 2.75) is 38.8 Å². The fourth-order valence-corrected chi connectivity index (χ4v) is 6.69. The van der Waals surface area contributed by atoms with Crippen LogP contribution in [-0.2, 0) is 23.2 Å². The topological polar surface area (TPSA) is 107 Å². The van der Waals surface area contributed by atoms with E-state index in [1.165, 1.54) is 28.5 Å². The third kappa shape index (κ3) is 2.97. The molecular weight excluding hydrogens is 515 g/mol. The number of hydrogen-bond acceptors (Lipinski definition) is 5. The predicted octanol–water partition coefficient (Wildman–Crippen LogP) is 3.02. The lowest BCUT2D eigenvalue weighted by molar-refractivity contribution is -0.129. The molecule has 3 aliphatic rings. The summed E-state index contributed by atoms with van der Waals surface area (Å²) < 4.78 is 17.6. The lowest BCUT2D eigenvalue weighted by atomic mass is 9.56. The zero-order valence-corrected chi connectivity index (χ0v) is 21.6. The van der Waals surface area contributed by atoms with Gasteiger partial charge in [0, 0.05) is 18.5 Å². The zero-order chi connectivity index (χ0) is 27.3. The van der Waals surface area contributed by atoms with Gasteiger partial charge in [0.1, 0.15) is 11.6 Å². The number of carbonyl (C=O) groups is 2. The molecule has 11 heteroatoms. The summed E-state index contributed by atoms with van der Waals surface area (Å²) in [6, 6.07) is 8.17. The Bertz CT molecular complexity index is 1720. The van der Waals surface area contributed by atoms with Gasteiger partial charge in [0.2, 0.25) is 11.8 Å². The summed E-state index contributed by atoms with van der Waals surface area (Å²) in [5, 5.41) is 10.9. The lowest BCUT2D eigenvalue weighted by Crippen LogP contribution is -2.49. The molecule has 3 aromatic rings. The van der Waals surface area contributed by atoms with Crippen LogP contribution in [0.2, 0.25) is 5.02 Å². The number of rotatable bonds is 2. The molecule has 4 atom stereocenters. The summed E-state index contributed by atoms with van der Waals surface area (Å²) in [7, 11) is 1.39. The summed E-state index contributed by atoms with van der Waals surface area (Å²) in [5.41, 5.74) is -0.489. The molecule has 0 bridgehead atoms. The van der Waals surface area contributed by atoms with Gasteiger partial charge in [-0.2, -0.15) is 0 Å². The molecule has 38 heavy (non-hydrogen) atoms. The summed E-state index contributed by atoms with van der Waals surface area (Å²) in [5.74, 6) is -3.40. The van der Waals surface area contributed by atoms with Gasteiger partial charge in [-0.05, 0) is 49.6 Å². The van der Waals surface area contributed by atoms with Crippen molar-refractivity contribution in [2.75, 3.05) is 4.90 Å². The van der Waals surface area contributed by atoms with Crippen LogP contribution in [0.1, 0.15) is 36.4 Å². The summed E-state index contributed by atoms with van der Waals surface area (Å²) in [6.45, 7) is 3.54. The number of halogens is 2. The molecule has 9 nitrogen and oxygen atoms in total. The first-order valence-electron chi connectivity index (χ1n) is 12.2. The number of aryl methyl sites for hydroxylation is 1. The van der Waals surface area contributed by atoms with E-state index in [2.05, 4.69) is 0 Å². The molecule has 1 saturated heterocycles. The number of phenolic OH excluding ortho intramolecular Hbond substituents is 1. The highest BCUT2D eigenvalue weighted by molar-refractivity contribution is 6.31. The van der Waals surface area contributed by atoms with Crippen molar-refractivity contribution in [1.29, 1.82) is 0 Å². The number of fused-ring (bicyclic) bond motifs is 4. The van der Waals surface area contributed by atoms with Gasteiger partial charge in [0.15, 0.2) is 0 Å². The Hall–Kier alpha value is -3.92. The molecule has 2 amide bonds. The van der Waals surface area contributed by atoms with E-state index in [0.717, 1.165) is 15.5 Å². The highest BCUT2D eigenvalue weighted by atomic mass is 35.5. The van der Waals surface area contributed by atoms with E-state index in [-0.39, 0.29) is 29.4 Å². The first-order chi connectivity index (χ1) is 18.0. The minimum atomic E-state index is -1.34. The summed E-state index contributed by atoms with van der Waals surface area (Å²) in [6.07, 6.45) is 1.90. The minimum absolute atomic E-state index is 0.00840. The van der Waals surface area contributed by atoms with E-state index < -0.39 is 52.3 Å². The Morgan fingerprint density at radius 1 is 1.11 bits per heavy atom. The number of phenols is 1. The molecule has 1 aromatic heterocycles. The molecule has 6 rings (SSSR count). The normalized spacial score (nSPS) is 26.2. The number of imide groups is 1. The van der Waals surface area contributed by atoms with Crippen LogP contribution in [0.15, 0.2) is 57.6 Å². The van der Waals surface area contributed by atoms with Crippen LogP contribution in [0.5, 0.6) is 5.75 Å². The van der Waals surface area contributed by atoms with Gasteiger partial charge in [-0.15, -0.1) is 0 Å². The van der Waals surface area contributed by atoms with Gasteiger partial charge >= 0.3 is 11.4 Å². The van der Waals surface area contributed by atoms with Crippen molar-refractivity contribution in [1.82, 2.24) is 13.9 Å². The van der Waals surface area contributed by atoms with E-state index in [1.54, 1.807) is 32.0 Å². The van der Waals surface area contributed by atoms with Gasteiger partial charge in [-0.25, -0.2) is 32.8 Å². The Balaban J connectivity index is 1.60. The Morgan fingerprint density at radius 3 is 2.55 bits per heavy atom. The monoisotopic (exact) mass is 538 g/mol. The largest absolute Gasteiger partial charge is 0.507 e. The molecular formula is C27H24ClFN4O5. The van der Waals surface area contributed by atoms with Crippen LogP contribution in [0.25, 0.3) is 0 Å². The van der Waals surface area contributed by atoms with Gasteiger partial charge in [0.05, 0.1) is 34.6 Å². The number of aromatic hydroxyl groups is 1. The van der Waals surface area contributed by atoms with Crippen LogP contribution in [0, 0.1) is 24.1 Å². The van der Waals surface area contributed by atoms with Crippen molar-refractivity contribution in [2.24, 2.45) is 18.4 Å². The van der Waals surface area contributed by atoms with E-state index in [9.17, 15) is 28.7 Å². The van der Waals surface area contributed by atoms with E-state index >= 15 is 0 Å². The average Bonchev–Trinajstić information content (AvgIpc) is 3.23. The molecule has 1 saturated carbocycles. The van der Waals surface area contributed by atoms with Crippen molar-refractivity contribution in [3.8, 4) is 5.75 Å². The molecule has 1 aliphatic carbocycles. The van der Waals surface area contributed by atoms with E-state index in [1.807, 2.05) is 6.08 Å². The number of anilines is 1. The lowest BCUT2D eigenvalue weighted by Gasteiger charge is -2.47. The maximum Gasteiger partial charge on any atom is 0.347 e. The number of benzene rings is 2. The second kappa shape index (κ2) is 8.04. The smallest absolute Gasteiger partial charge is 0.347 e. The second-order valence-corrected chi connectivity index (χ2v) is 10.8. The molecule has 4 unspecified atom stereocenters. The molecule has 2 aliphatic heterocycles. The molecule has 3 heterocycles. The zero-order valence-electron chi connectivity index (χ0n) is 20.8. The summed E-state index contributed by atoms with van der Waals surface area (Å²) in [4.78, 5) is 55.1. The molecule has 2 fully saturated rings. The number of amides is 2. The Kier molecular flexibility index (Phi) is 5.17. The maximum atomic E-state index is 14.2. The fraction of sp³-hybridized carbons (Fsp3) is 0.333. The molecule has 196 valence electrons. The number of hydrogen-bond donors (Lipinski definition) is 1. The Labute approximate surface area is 220 Å². The highest BCUT2D eigenvalue weighted by Crippen LogP contribution is 2.62. The van der Waals surface area contributed by atoms with Crippen molar-refractivity contribution in [3.63, 3.8) is 0 Å². The number of para-hydroxylation sites is 1. The van der Waals surface area contributed by atoms with Crippen molar-refractivity contribution < 1.29 is 19.1 Å². The molecule has 0 radical (unpaired) electrons. The van der Waals surface area contributed by atoms with Gasteiger partial charge in [-0.3, -0.25) is 9.59 Å². The van der Waals surface area contributed by atoms with Crippen molar-refractivity contribution in [3.05, 3.63) is 91.0 Å². The Morgan fingerprint density at radius 2 is 1.84 bits per heavy atom. The third-order valence-corrected chi connectivity index (χ3v) is 8.76. The van der Waals surface area contributed by atoms with Gasteiger partial charge in [0.25, 0.3) is 0 Å². The number of allylic oxidation sites excluding steroid dienone is 2. The average molecular weight is 539 g/mol. The molecule has 1 N–H and O–H groups in total. The second-order valence-electron chi connectivity index (χ2n) is 10.4. The maximum absolute atomic E-state index is 14.2. The number of carbonyl (C=O) groups excluding carboxylic acids is 2. The quantitative estimate of drug-likeness (QED) is 0.399. The SMILES string of the molecule is Cc1cccc(C2C3=CCn4c(=O)n(C)c(=O)n4C3CC3C(=O)N(c4ccc(F)c(Cl)c4)C(=O)C32C)c1O. The highest BCUT2D eigenvalue weighted by Gasteiger charge is 2.65. The standard InChI is InChI=1S/C27H24ClFN4O5/c1-13-5-4-6-16(22(13)34)21-15-9-10-31-25(37)30(3)26(38)33(31)20(15)12-17-23(35)32(24(36)27(17,21)2)14-7-8-19(29)18(28)11-14/h4-9,11,17,20-21,34H,10,12H2,1-3H3. The molecule has 0 spiro atoms. The van der Waals surface area contributed by atoms with Crippen LogP contribution < -0.4 is 16.3 Å².